The second-order valence-corrected chi connectivity index (χ2v) is 21.0. The first kappa shape index (κ1) is 65.4. The Hall–Kier alpha value is -6.91. The summed E-state index contributed by atoms with van der Waals surface area (Å²) in [6, 6.07) is 22.1. The number of carboxylic acid groups (broad SMARTS) is 2. The van der Waals surface area contributed by atoms with E-state index < -0.39 is 49.4 Å². The highest BCUT2D eigenvalue weighted by molar-refractivity contribution is 7.50. The van der Waals surface area contributed by atoms with Crippen LogP contribution in [0.25, 0.3) is 0 Å². The van der Waals surface area contributed by atoms with E-state index in [1.807, 2.05) is 55.5 Å². The highest BCUT2D eigenvalue weighted by atomic mass is 31.2. The molecule has 0 fully saturated rings. The lowest BCUT2D eigenvalue weighted by Crippen LogP contribution is -2.41. The maximum Gasteiger partial charge on any atom is 0.402 e. The van der Waals surface area contributed by atoms with E-state index in [1.165, 1.54) is 5.56 Å². The van der Waals surface area contributed by atoms with Crippen LogP contribution in [-0.2, 0) is 60.4 Å². The lowest BCUT2D eigenvalue weighted by molar-refractivity contribution is -0.142. The number of nitrogens with one attached hydrogen (secondary N) is 6. The summed E-state index contributed by atoms with van der Waals surface area (Å²) >= 11 is 0. The Bertz CT molecular complexity index is 2550. The van der Waals surface area contributed by atoms with Crippen LogP contribution < -0.4 is 36.6 Å². The molecule has 0 radical (unpaired) electrons. The van der Waals surface area contributed by atoms with Crippen molar-refractivity contribution in [1.82, 2.24) is 31.7 Å². The maximum absolute atomic E-state index is 13.3. The van der Waals surface area contributed by atoms with Crippen molar-refractivity contribution in [3.05, 3.63) is 101 Å². The molecule has 1 aliphatic heterocycles. The summed E-state index contributed by atoms with van der Waals surface area (Å²) in [7, 11) is -4.06. The molecule has 0 saturated heterocycles. The molecule has 1 heterocycles. The highest BCUT2D eigenvalue weighted by Crippen LogP contribution is 2.36. The van der Waals surface area contributed by atoms with Crippen LogP contribution in [0.2, 0.25) is 0 Å². The van der Waals surface area contributed by atoms with Crippen LogP contribution in [0.3, 0.4) is 0 Å². The molecule has 6 amide bonds. The molecule has 0 aromatic heterocycles. The molecule has 426 valence electrons. The van der Waals surface area contributed by atoms with Gasteiger partial charge >= 0.3 is 19.7 Å². The van der Waals surface area contributed by atoms with Crippen molar-refractivity contribution in [1.29, 1.82) is 0 Å². The van der Waals surface area contributed by atoms with E-state index in [0.29, 0.717) is 62.4 Å². The van der Waals surface area contributed by atoms with Crippen molar-refractivity contribution in [2.24, 2.45) is 5.92 Å². The number of aliphatic carboxylic acids is 2. The van der Waals surface area contributed by atoms with Crippen LogP contribution in [0, 0.1) is 17.8 Å². The molecule has 3 aromatic carbocycles. The van der Waals surface area contributed by atoms with Gasteiger partial charge in [-0.15, -0.1) is 0 Å². The molecule has 2 unspecified atom stereocenters. The zero-order chi connectivity index (χ0) is 57.3. The van der Waals surface area contributed by atoms with Crippen molar-refractivity contribution in [3.63, 3.8) is 0 Å². The number of amides is 6. The molecule has 3 aromatic rings. The van der Waals surface area contributed by atoms with Crippen LogP contribution in [0.4, 0.5) is 5.69 Å². The largest absolute Gasteiger partial charge is 0.481 e. The number of para-hydroxylation sites is 1. The Morgan fingerprint density at radius 2 is 1.29 bits per heavy atom. The van der Waals surface area contributed by atoms with Gasteiger partial charge in [0, 0.05) is 69.4 Å². The quantitative estimate of drug-likeness (QED) is 0.0182. The SMILES string of the molecule is CCCCNC(=O)[C@@H](C)c1ccc(CC(C)C)cc1.O=C(O)CCCNP(=O)(O)OCCCCNC(=O)CCC(NC(=O)CCCCCNC(=O)CNC(=O)CCC(=O)N1Cc2ccccc2C#Cc2ccccc21)C(=O)O. The summed E-state index contributed by atoms with van der Waals surface area (Å²) < 4.78 is 16.7. The Morgan fingerprint density at radius 1 is 0.654 bits per heavy atom. The Morgan fingerprint density at radius 3 is 1.99 bits per heavy atom. The van der Waals surface area contributed by atoms with E-state index in [9.17, 15) is 52.9 Å². The number of carbonyl (C=O) groups is 8. The number of unbranched alkanes of at least 4 members (excludes halogenated alkanes) is 4. The second kappa shape index (κ2) is 36.2. The number of carbonyl (C=O) groups excluding carboxylic acids is 6. The molecule has 21 heteroatoms. The Balaban J connectivity index is 0.000000707. The fourth-order valence-corrected chi connectivity index (χ4v) is 8.76. The molecule has 9 N–H and O–H groups in total. The van der Waals surface area contributed by atoms with Crippen LogP contribution in [0.1, 0.15) is 151 Å². The Kier molecular flexibility index (Phi) is 30.4. The standard InChI is InChI=1S/C40H53N6O12P.C17H27NO/c47-34(41-24-8-9-26-58-59(56,57)44-25-10-16-39(52)53)20-19-32(40(54)55)45-36(49)15-2-1-7-23-42-37(50)27-43-35(48)21-22-38(51)46-28-31-13-4-3-11-29(31)17-18-30-12-5-6-14-33(30)46;1-5-6-11-18-17(19)14(4)16-9-7-15(8-10-16)12-13(2)3/h3-6,11-14,32H,1-2,7-10,15-16,19-28H2,(H,41,47)(H,42,50)(H,43,48)(H,45,49)(H,52,53)(H,54,55)(H2,44,56,57);7-10,13-14H,5-6,11-12H2,1-4H3,(H,18,19)/t;14-/m.0/s1. The van der Waals surface area contributed by atoms with Gasteiger partial charge in [0.15, 0.2) is 0 Å². The van der Waals surface area contributed by atoms with Crippen molar-refractivity contribution >= 4 is 60.8 Å². The fourth-order valence-electron chi connectivity index (χ4n) is 7.85. The zero-order valence-corrected chi connectivity index (χ0v) is 46.4. The lowest BCUT2D eigenvalue weighted by atomic mass is 9.96. The minimum absolute atomic E-state index is 0.00124. The van der Waals surface area contributed by atoms with Crippen LogP contribution in [-0.4, -0.2) is 108 Å². The number of carboxylic acids is 2. The number of fused-ring (bicyclic) bond motifs is 2. The third-order valence-corrected chi connectivity index (χ3v) is 13.4. The normalized spacial score (nSPS) is 12.9. The van der Waals surface area contributed by atoms with Crippen molar-refractivity contribution in [2.75, 3.05) is 44.2 Å². The molecule has 0 aliphatic carbocycles. The van der Waals surface area contributed by atoms with Gasteiger partial charge in [0.05, 0.1) is 31.3 Å². The average molecular weight is 1100 g/mol. The molecule has 0 saturated carbocycles. The lowest BCUT2D eigenvalue weighted by Gasteiger charge is -2.26. The van der Waals surface area contributed by atoms with E-state index in [4.69, 9.17) is 9.63 Å². The zero-order valence-electron chi connectivity index (χ0n) is 45.5. The molecule has 1 aliphatic rings. The predicted octanol–water partition coefficient (Wildman–Crippen LogP) is 6.23. The summed E-state index contributed by atoms with van der Waals surface area (Å²) in [5, 5.41) is 33.6. The van der Waals surface area contributed by atoms with E-state index in [-0.39, 0.29) is 88.9 Å². The number of benzene rings is 3. The van der Waals surface area contributed by atoms with Gasteiger partial charge in [-0.05, 0) is 99.1 Å². The minimum atomic E-state index is -4.06. The van der Waals surface area contributed by atoms with Crippen molar-refractivity contribution in [3.8, 4) is 11.8 Å². The number of hydrogen-bond acceptors (Lipinski definition) is 10. The van der Waals surface area contributed by atoms with Crippen LogP contribution >= 0.6 is 7.75 Å². The Labute approximate surface area is 458 Å². The summed E-state index contributed by atoms with van der Waals surface area (Å²) in [5.74, 6) is 2.71. The van der Waals surface area contributed by atoms with Crippen LogP contribution in [0.5, 0.6) is 0 Å². The molecule has 4 rings (SSSR count). The first-order chi connectivity index (χ1) is 37.3. The smallest absolute Gasteiger partial charge is 0.402 e. The molecule has 0 bridgehead atoms. The first-order valence-electron chi connectivity index (χ1n) is 26.9. The number of hydrogen-bond donors (Lipinski definition) is 9. The van der Waals surface area contributed by atoms with Crippen molar-refractivity contribution < 1.29 is 62.6 Å². The summed E-state index contributed by atoms with van der Waals surface area (Å²) in [6.45, 7) is 9.80. The minimum Gasteiger partial charge on any atom is -0.481 e. The topological polar surface area (TPSA) is 299 Å². The maximum atomic E-state index is 13.3. The van der Waals surface area contributed by atoms with E-state index in [0.717, 1.165) is 42.5 Å². The van der Waals surface area contributed by atoms with Gasteiger partial charge in [0.1, 0.15) is 6.04 Å². The van der Waals surface area contributed by atoms with Crippen molar-refractivity contribution in [2.45, 2.75) is 143 Å². The fraction of sp³-hybridized carbons (Fsp3) is 0.509. The summed E-state index contributed by atoms with van der Waals surface area (Å²) in [4.78, 5) is 108. The van der Waals surface area contributed by atoms with Gasteiger partial charge in [-0.25, -0.2) is 14.4 Å². The number of rotatable bonds is 34. The average Bonchev–Trinajstić information content (AvgIpc) is 3.40. The monoisotopic (exact) mass is 1100 g/mol. The van der Waals surface area contributed by atoms with Gasteiger partial charge in [0.2, 0.25) is 35.4 Å². The van der Waals surface area contributed by atoms with Gasteiger partial charge in [-0.2, -0.15) is 0 Å². The molecule has 3 atom stereocenters. The second-order valence-electron chi connectivity index (χ2n) is 19.4. The third kappa shape index (κ3) is 26.9. The summed E-state index contributed by atoms with van der Waals surface area (Å²) in [5.41, 5.74) is 5.54. The van der Waals surface area contributed by atoms with E-state index >= 15 is 0 Å². The van der Waals surface area contributed by atoms with E-state index in [1.54, 1.807) is 4.90 Å². The number of nitrogens with zero attached hydrogens (tertiary/aromatic N) is 1. The molecule has 20 nitrogen and oxygen atoms in total. The third-order valence-electron chi connectivity index (χ3n) is 12.3. The van der Waals surface area contributed by atoms with Gasteiger partial charge in [-0.3, -0.25) is 38.1 Å². The molecular formula is C57H80N7O13P. The highest BCUT2D eigenvalue weighted by Gasteiger charge is 2.24. The molecule has 78 heavy (non-hydrogen) atoms. The first-order valence-corrected chi connectivity index (χ1v) is 28.5. The van der Waals surface area contributed by atoms with Gasteiger partial charge in [0.25, 0.3) is 0 Å². The van der Waals surface area contributed by atoms with E-state index in [2.05, 4.69) is 88.5 Å². The van der Waals surface area contributed by atoms with Crippen LogP contribution in [0.15, 0.2) is 72.8 Å². The van der Waals surface area contributed by atoms with Gasteiger partial charge in [-0.1, -0.05) is 100 Å². The van der Waals surface area contributed by atoms with Gasteiger partial charge < -0.3 is 46.6 Å². The summed E-state index contributed by atoms with van der Waals surface area (Å²) in [6.07, 6.45) is 5.12. The molecular weight excluding hydrogens is 1020 g/mol. The molecule has 0 spiro atoms. The number of anilines is 1. The predicted molar refractivity (Wildman–Crippen MR) is 297 cm³/mol.